The minimum atomic E-state index is -3.36. The molecule has 1 atom stereocenters. The molecule has 0 radical (unpaired) electrons. The van der Waals surface area contributed by atoms with Gasteiger partial charge in [0.15, 0.2) is 0 Å². The molecule has 0 spiro atoms. The van der Waals surface area contributed by atoms with Gasteiger partial charge in [-0.15, -0.1) is 0 Å². The SMILES string of the molecule is CS(=O)(=O)Nc1cccc(CN2C(=O)C3CCCN3C2=O)c1. The molecule has 0 aromatic heterocycles. The quantitative estimate of drug-likeness (QED) is 0.837. The van der Waals surface area contributed by atoms with E-state index in [1.54, 1.807) is 29.2 Å². The highest BCUT2D eigenvalue weighted by Crippen LogP contribution is 2.28. The van der Waals surface area contributed by atoms with Crippen LogP contribution in [-0.2, 0) is 21.4 Å². The van der Waals surface area contributed by atoms with Gasteiger partial charge >= 0.3 is 6.03 Å². The molecule has 3 amide bonds. The summed E-state index contributed by atoms with van der Waals surface area (Å²) in [6.07, 6.45) is 2.65. The van der Waals surface area contributed by atoms with Gasteiger partial charge < -0.3 is 4.90 Å². The normalized spacial score (nSPS) is 21.4. The van der Waals surface area contributed by atoms with Crippen LogP contribution in [0.1, 0.15) is 18.4 Å². The zero-order chi connectivity index (χ0) is 15.9. The Balaban J connectivity index is 1.78. The van der Waals surface area contributed by atoms with Crippen LogP contribution in [0.4, 0.5) is 10.5 Å². The van der Waals surface area contributed by atoms with E-state index >= 15 is 0 Å². The summed E-state index contributed by atoms with van der Waals surface area (Å²) in [6.45, 7) is 0.783. The van der Waals surface area contributed by atoms with Gasteiger partial charge in [0, 0.05) is 12.2 Å². The Morgan fingerprint density at radius 2 is 2.09 bits per heavy atom. The number of urea groups is 1. The summed E-state index contributed by atoms with van der Waals surface area (Å²) in [5.41, 5.74) is 1.12. The maximum atomic E-state index is 12.3. The number of hydrogen-bond acceptors (Lipinski definition) is 4. The molecule has 1 unspecified atom stereocenters. The van der Waals surface area contributed by atoms with Gasteiger partial charge in [0.05, 0.1) is 12.8 Å². The van der Waals surface area contributed by atoms with Crippen LogP contribution in [0.25, 0.3) is 0 Å². The fourth-order valence-electron chi connectivity index (χ4n) is 2.96. The summed E-state index contributed by atoms with van der Waals surface area (Å²) in [6, 6.07) is 6.13. The average molecular weight is 323 g/mol. The second-order valence-electron chi connectivity index (χ2n) is 5.63. The Morgan fingerprint density at radius 3 is 2.77 bits per heavy atom. The predicted octanol–water partition coefficient (Wildman–Crippen LogP) is 0.985. The van der Waals surface area contributed by atoms with Gasteiger partial charge in [0.1, 0.15) is 6.04 Å². The highest BCUT2D eigenvalue weighted by atomic mass is 32.2. The predicted molar refractivity (Wildman–Crippen MR) is 80.6 cm³/mol. The monoisotopic (exact) mass is 323 g/mol. The first-order valence-corrected chi connectivity index (χ1v) is 8.93. The summed E-state index contributed by atoms with van der Waals surface area (Å²) in [5, 5.41) is 0. The number of anilines is 1. The highest BCUT2D eigenvalue weighted by Gasteiger charge is 2.47. The van der Waals surface area contributed by atoms with Crippen LogP contribution in [0.5, 0.6) is 0 Å². The van der Waals surface area contributed by atoms with Crippen molar-refractivity contribution in [1.29, 1.82) is 0 Å². The fraction of sp³-hybridized carbons (Fsp3) is 0.429. The topological polar surface area (TPSA) is 86.8 Å². The van der Waals surface area contributed by atoms with Crippen LogP contribution in [-0.4, -0.2) is 49.0 Å². The lowest BCUT2D eigenvalue weighted by Gasteiger charge is -2.16. The maximum Gasteiger partial charge on any atom is 0.327 e. The van der Waals surface area contributed by atoms with Gasteiger partial charge in [-0.25, -0.2) is 13.2 Å². The Kier molecular flexibility index (Phi) is 3.56. The summed E-state index contributed by atoms with van der Waals surface area (Å²) < 4.78 is 24.9. The minimum absolute atomic E-state index is 0.157. The van der Waals surface area contributed by atoms with E-state index < -0.39 is 10.0 Å². The van der Waals surface area contributed by atoms with E-state index in [1.165, 1.54) is 4.90 Å². The lowest BCUT2D eigenvalue weighted by molar-refractivity contribution is -0.128. The summed E-state index contributed by atoms with van der Waals surface area (Å²) in [4.78, 5) is 27.4. The van der Waals surface area contributed by atoms with Crippen LogP contribution in [0.2, 0.25) is 0 Å². The molecule has 0 aliphatic carbocycles. The summed E-state index contributed by atoms with van der Waals surface area (Å²) in [7, 11) is -3.36. The zero-order valence-electron chi connectivity index (χ0n) is 12.2. The van der Waals surface area contributed by atoms with Gasteiger partial charge in [0.2, 0.25) is 10.0 Å². The molecule has 0 bridgehead atoms. The first-order valence-electron chi connectivity index (χ1n) is 7.04. The number of benzene rings is 1. The molecule has 2 fully saturated rings. The number of hydrogen-bond donors (Lipinski definition) is 1. The Morgan fingerprint density at radius 1 is 1.32 bits per heavy atom. The molecule has 8 heteroatoms. The van der Waals surface area contributed by atoms with Crippen LogP contribution in [0.3, 0.4) is 0 Å². The van der Waals surface area contributed by atoms with Crippen LogP contribution in [0.15, 0.2) is 24.3 Å². The molecule has 0 saturated carbocycles. The number of carbonyl (C=O) groups is 2. The summed E-state index contributed by atoms with van der Waals surface area (Å²) >= 11 is 0. The minimum Gasteiger partial charge on any atom is -0.312 e. The van der Waals surface area contributed by atoms with E-state index in [2.05, 4.69) is 4.72 Å². The van der Waals surface area contributed by atoms with Crippen molar-refractivity contribution in [1.82, 2.24) is 9.80 Å². The summed E-state index contributed by atoms with van der Waals surface area (Å²) in [5.74, 6) is -0.163. The van der Waals surface area contributed by atoms with Gasteiger partial charge in [-0.2, -0.15) is 0 Å². The Labute approximate surface area is 128 Å². The van der Waals surface area contributed by atoms with E-state index in [1.807, 2.05) is 0 Å². The van der Waals surface area contributed by atoms with Gasteiger partial charge in [-0.05, 0) is 30.5 Å². The molecule has 7 nitrogen and oxygen atoms in total. The molecule has 2 aliphatic rings. The highest BCUT2D eigenvalue weighted by molar-refractivity contribution is 7.92. The number of amides is 3. The molecule has 3 rings (SSSR count). The standard InChI is InChI=1S/C14H17N3O4S/c1-22(20,21)15-11-5-2-4-10(8-11)9-17-13(18)12-6-3-7-16(12)14(17)19/h2,4-5,8,12,15H,3,6-7,9H2,1H3. The largest absolute Gasteiger partial charge is 0.327 e. The van der Waals surface area contributed by atoms with E-state index in [0.717, 1.165) is 19.1 Å². The van der Waals surface area contributed by atoms with Crippen molar-refractivity contribution < 1.29 is 18.0 Å². The van der Waals surface area contributed by atoms with E-state index in [4.69, 9.17) is 0 Å². The first kappa shape index (κ1) is 14.8. The van der Waals surface area contributed by atoms with E-state index in [9.17, 15) is 18.0 Å². The molecular weight excluding hydrogens is 306 g/mol. The fourth-order valence-corrected chi connectivity index (χ4v) is 3.51. The van der Waals surface area contributed by atoms with Crippen molar-refractivity contribution in [3.63, 3.8) is 0 Å². The molecular formula is C14H17N3O4S. The van der Waals surface area contributed by atoms with Crippen LogP contribution in [0, 0.1) is 0 Å². The lowest BCUT2D eigenvalue weighted by atomic mass is 10.1. The number of fused-ring (bicyclic) bond motifs is 1. The Hall–Kier alpha value is -2.09. The first-order chi connectivity index (χ1) is 10.3. The van der Waals surface area contributed by atoms with Crippen molar-refractivity contribution >= 4 is 27.6 Å². The van der Waals surface area contributed by atoms with Gasteiger partial charge in [-0.3, -0.25) is 14.4 Å². The number of nitrogens with one attached hydrogen (secondary N) is 1. The van der Waals surface area contributed by atoms with Crippen LogP contribution >= 0.6 is 0 Å². The number of sulfonamides is 1. The van der Waals surface area contributed by atoms with Crippen molar-refractivity contribution in [3.8, 4) is 0 Å². The van der Waals surface area contributed by atoms with Crippen LogP contribution < -0.4 is 4.72 Å². The maximum absolute atomic E-state index is 12.3. The van der Waals surface area contributed by atoms with Gasteiger partial charge in [-0.1, -0.05) is 12.1 Å². The molecule has 2 heterocycles. The van der Waals surface area contributed by atoms with Crippen molar-refractivity contribution in [2.45, 2.75) is 25.4 Å². The average Bonchev–Trinajstić information content (AvgIpc) is 2.97. The van der Waals surface area contributed by atoms with E-state index in [-0.39, 0.29) is 24.5 Å². The Bertz CT molecular complexity index is 709. The molecule has 22 heavy (non-hydrogen) atoms. The van der Waals surface area contributed by atoms with Gasteiger partial charge in [0.25, 0.3) is 5.91 Å². The second-order valence-corrected chi connectivity index (χ2v) is 7.38. The molecule has 1 aromatic rings. The lowest BCUT2D eigenvalue weighted by Crippen LogP contribution is -2.32. The number of nitrogens with zero attached hydrogens (tertiary/aromatic N) is 2. The molecule has 1 N–H and O–H groups in total. The molecule has 118 valence electrons. The zero-order valence-corrected chi connectivity index (χ0v) is 13.0. The second kappa shape index (κ2) is 5.28. The number of rotatable bonds is 4. The third-order valence-electron chi connectivity index (χ3n) is 3.85. The third-order valence-corrected chi connectivity index (χ3v) is 4.46. The van der Waals surface area contributed by atoms with Crippen molar-refractivity contribution in [3.05, 3.63) is 29.8 Å². The van der Waals surface area contributed by atoms with Crippen molar-refractivity contribution in [2.24, 2.45) is 0 Å². The number of carbonyl (C=O) groups excluding carboxylic acids is 2. The van der Waals surface area contributed by atoms with Crippen molar-refractivity contribution in [2.75, 3.05) is 17.5 Å². The smallest absolute Gasteiger partial charge is 0.312 e. The van der Waals surface area contributed by atoms with E-state index in [0.29, 0.717) is 17.8 Å². The number of imide groups is 1. The molecule has 2 saturated heterocycles. The molecule has 2 aliphatic heterocycles. The molecule has 1 aromatic carbocycles. The third kappa shape index (κ3) is 2.78.